The van der Waals surface area contributed by atoms with Crippen LogP contribution in [0.1, 0.15) is 26.7 Å². The van der Waals surface area contributed by atoms with Gasteiger partial charge in [0, 0.05) is 32.0 Å². The smallest absolute Gasteiger partial charge is 0.198 e. The highest BCUT2D eigenvalue weighted by molar-refractivity contribution is 5.03. The maximum Gasteiger partial charge on any atom is 0.198 e. The predicted molar refractivity (Wildman–Crippen MR) is 45.4 cm³/mol. The molecule has 0 aromatic heterocycles. The van der Waals surface area contributed by atoms with E-state index in [2.05, 4.69) is 18.7 Å². The summed E-state index contributed by atoms with van der Waals surface area (Å²) < 4.78 is 13.4. The second-order valence-corrected chi connectivity index (χ2v) is 3.71. The lowest BCUT2D eigenvalue weighted by molar-refractivity contribution is 0.0842. The average Bonchev–Trinajstić information content (AvgIpc) is 2.05. The zero-order valence-corrected chi connectivity index (χ0v) is 7.68. The lowest BCUT2D eigenvalue weighted by Gasteiger charge is -2.34. The zero-order chi connectivity index (χ0) is 9.19. The number of hydrogen-bond acceptors (Lipinski definition) is 2. The van der Waals surface area contributed by atoms with E-state index in [-0.39, 0.29) is 0 Å². The molecule has 1 aliphatic rings. The molecule has 1 fully saturated rings. The molecule has 0 bridgehead atoms. The predicted octanol–water partition coefficient (Wildman–Crippen LogP) is 1.72. The number of rotatable bonds is 1. The number of nitriles is 1. The molecule has 1 saturated heterocycles. The van der Waals surface area contributed by atoms with Crippen LogP contribution in [0.5, 0.6) is 0 Å². The van der Waals surface area contributed by atoms with Gasteiger partial charge in [0.15, 0.2) is 5.67 Å². The summed E-state index contributed by atoms with van der Waals surface area (Å²) in [6.45, 7) is 5.61. The van der Waals surface area contributed by atoms with E-state index in [1.54, 1.807) is 6.07 Å². The van der Waals surface area contributed by atoms with E-state index >= 15 is 0 Å². The number of piperidine rings is 1. The van der Waals surface area contributed by atoms with Crippen molar-refractivity contribution in [3.63, 3.8) is 0 Å². The van der Waals surface area contributed by atoms with E-state index in [4.69, 9.17) is 5.26 Å². The molecule has 0 aliphatic carbocycles. The van der Waals surface area contributed by atoms with Crippen LogP contribution < -0.4 is 0 Å². The molecule has 0 radical (unpaired) electrons. The van der Waals surface area contributed by atoms with Gasteiger partial charge in [-0.3, -0.25) is 0 Å². The van der Waals surface area contributed by atoms with Crippen molar-refractivity contribution in [3.8, 4) is 6.07 Å². The Morgan fingerprint density at radius 2 is 1.92 bits per heavy atom. The molecular formula is C9H15FN2. The number of nitrogens with zero attached hydrogens (tertiary/aromatic N) is 2. The number of halogens is 1. The fraction of sp³-hybridized carbons (Fsp3) is 0.889. The minimum atomic E-state index is -1.55. The summed E-state index contributed by atoms with van der Waals surface area (Å²) in [4.78, 5) is 2.20. The van der Waals surface area contributed by atoms with Crippen molar-refractivity contribution in [1.29, 1.82) is 5.26 Å². The number of hydrogen-bond donors (Lipinski definition) is 0. The molecule has 1 aliphatic heterocycles. The summed E-state index contributed by atoms with van der Waals surface area (Å²) in [5.74, 6) is 0. The normalized spacial score (nSPS) is 23.9. The van der Waals surface area contributed by atoms with E-state index in [9.17, 15) is 4.39 Å². The number of likely N-dealkylation sites (tertiary alicyclic amines) is 1. The summed E-state index contributed by atoms with van der Waals surface area (Å²) in [6.07, 6.45) is 0.726. The molecule has 68 valence electrons. The van der Waals surface area contributed by atoms with Gasteiger partial charge in [0.2, 0.25) is 0 Å². The Hall–Kier alpha value is -0.620. The topological polar surface area (TPSA) is 27.0 Å². The Kier molecular flexibility index (Phi) is 2.69. The fourth-order valence-electron chi connectivity index (χ4n) is 1.51. The zero-order valence-electron chi connectivity index (χ0n) is 7.68. The Bertz CT molecular complexity index is 187. The lowest BCUT2D eigenvalue weighted by atomic mass is 9.94. The van der Waals surface area contributed by atoms with Crippen LogP contribution in [-0.2, 0) is 0 Å². The number of alkyl halides is 1. The molecule has 0 N–H and O–H groups in total. The Morgan fingerprint density at radius 1 is 1.42 bits per heavy atom. The van der Waals surface area contributed by atoms with Gasteiger partial charge < -0.3 is 4.90 Å². The first-order valence-electron chi connectivity index (χ1n) is 4.42. The second-order valence-electron chi connectivity index (χ2n) is 3.71. The van der Waals surface area contributed by atoms with Gasteiger partial charge in [-0.2, -0.15) is 5.26 Å². The first-order chi connectivity index (χ1) is 5.57. The summed E-state index contributed by atoms with van der Waals surface area (Å²) in [6, 6.07) is 2.21. The third-order valence-electron chi connectivity index (χ3n) is 2.52. The highest BCUT2D eigenvalue weighted by Crippen LogP contribution is 2.26. The molecular weight excluding hydrogens is 155 g/mol. The van der Waals surface area contributed by atoms with Gasteiger partial charge in [-0.25, -0.2) is 4.39 Å². The van der Waals surface area contributed by atoms with E-state index in [1.807, 2.05) is 0 Å². The third kappa shape index (κ3) is 1.95. The Balaban J connectivity index is 2.46. The van der Waals surface area contributed by atoms with E-state index < -0.39 is 5.67 Å². The van der Waals surface area contributed by atoms with E-state index in [0.29, 0.717) is 32.0 Å². The van der Waals surface area contributed by atoms with Gasteiger partial charge in [-0.05, 0) is 13.8 Å². The summed E-state index contributed by atoms with van der Waals surface area (Å²) >= 11 is 0. The molecule has 1 rings (SSSR count). The van der Waals surface area contributed by atoms with Crippen molar-refractivity contribution in [2.45, 2.75) is 38.4 Å². The van der Waals surface area contributed by atoms with Crippen molar-refractivity contribution >= 4 is 0 Å². The van der Waals surface area contributed by atoms with Crippen LogP contribution >= 0.6 is 0 Å². The summed E-state index contributed by atoms with van der Waals surface area (Å²) in [5, 5.41) is 8.53. The monoisotopic (exact) mass is 170 g/mol. The maximum absolute atomic E-state index is 13.4. The van der Waals surface area contributed by atoms with Gasteiger partial charge in [-0.1, -0.05) is 0 Å². The maximum atomic E-state index is 13.4. The quantitative estimate of drug-likeness (QED) is 0.599. The van der Waals surface area contributed by atoms with Crippen LogP contribution in [0.15, 0.2) is 0 Å². The van der Waals surface area contributed by atoms with Crippen LogP contribution in [-0.4, -0.2) is 29.7 Å². The SMILES string of the molecule is CC(C)N1CCC(F)(C#N)CC1. The minimum absolute atomic E-state index is 0.363. The van der Waals surface area contributed by atoms with Crippen LogP contribution in [0.25, 0.3) is 0 Å². The van der Waals surface area contributed by atoms with Gasteiger partial charge in [0.1, 0.15) is 6.07 Å². The molecule has 12 heavy (non-hydrogen) atoms. The minimum Gasteiger partial charge on any atom is -0.301 e. The molecule has 2 nitrogen and oxygen atoms in total. The van der Waals surface area contributed by atoms with Crippen molar-refractivity contribution in [3.05, 3.63) is 0 Å². The van der Waals surface area contributed by atoms with Gasteiger partial charge in [0.25, 0.3) is 0 Å². The van der Waals surface area contributed by atoms with Gasteiger partial charge in [0.05, 0.1) is 0 Å². The first-order valence-corrected chi connectivity index (χ1v) is 4.42. The molecule has 3 heteroatoms. The molecule has 0 aromatic carbocycles. The highest BCUT2D eigenvalue weighted by atomic mass is 19.1. The summed E-state index contributed by atoms with van der Waals surface area (Å²) in [7, 11) is 0. The second kappa shape index (κ2) is 3.40. The van der Waals surface area contributed by atoms with Crippen LogP contribution in [0, 0.1) is 11.3 Å². The molecule has 0 atom stereocenters. The van der Waals surface area contributed by atoms with Crippen LogP contribution in [0.4, 0.5) is 4.39 Å². The standard InChI is InChI=1S/C9H15FN2/c1-8(2)12-5-3-9(10,7-11)4-6-12/h8H,3-6H2,1-2H3. The Labute approximate surface area is 73.0 Å². The van der Waals surface area contributed by atoms with E-state index in [0.717, 1.165) is 0 Å². The van der Waals surface area contributed by atoms with Crippen LogP contribution in [0.2, 0.25) is 0 Å². The van der Waals surface area contributed by atoms with E-state index in [1.165, 1.54) is 0 Å². The lowest BCUT2D eigenvalue weighted by Crippen LogP contribution is -2.43. The molecule has 1 heterocycles. The van der Waals surface area contributed by atoms with Crippen molar-refractivity contribution in [2.75, 3.05) is 13.1 Å². The molecule has 0 aromatic rings. The van der Waals surface area contributed by atoms with Crippen LogP contribution in [0.3, 0.4) is 0 Å². The van der Waals surface area contributed by atoms with Gasteiger partial charge in [-0.15, -0.1) is 0 Å². The average molecular weight is 170 g/mol. The fourth-order valence-corrected chi connectivity index (χ4v) is 1.51. The van der Waals surface area contributed by atoms with Crippen molar-refractivity contribution < 1.29 is 4.39 Å². The van der Waals surface area contributed by atoms with Crippen molar-refractivity contribution in [2.24, 2.45) is 0 Å². The molecule has 0 spiro atoms. The first kappa shape index (κ1) is 9.47. The van der Waals surface area contributed by atoms with Gasteiger partial charge >= 0.3 is 0 Å². The molecule has 0 unspecified atom stereocenters. The largest absolute Gasteiger partial charge is 0.301 e. The van der Waals surface area contributed by atoms with Crippen molar-refractivity contribution in [1.82, 2.24) is 4.90 Å². The Morgan fingerprint density at radius 3 is 2.25 bits per heavy atom. The summed E-state index contributed by atoms with van der Waals surface area (Å²) in [5.41, 5.74) is -1.55. The molecule has 0 amide bonds. The third-order valence-corrected chi connectivity index (χ3v) is 2.52. The molecule has 0 saturated carbocycles. The highest BCUT2D eigenvalue weighted by Gasteiger charge is 2.34.